The molecule has 0 spiro atoms. The van der Waals surface area contributed by atoms with Gasteiger partial charge in [-0.15, -0.1) is 0 Å². The first-order chi connectivity index (χ1) is 10.3. The van der Waals surface area contributed by atoms with Gasteiger partial charge in [0.1, 0.15) is 11.4 Å². The standard InChI is InChI=1S/C16H23FN2O3/c1-16(2,3)22-15(20)19-13-5-4-12(17)8-14(13)18-9-11-6-7-21-10-11/h4-5,8,11,18H,6-7,9-10H2,1-3H3,(H,19,20). The maximum absolute atomic E-state index is 13.4. The van der Waals surface area contributed by atoms with Crippen LogP contribution < -0.4 is 10.6 Å². The van der Waals surface area contributed by atoms with E-state index >= 15 is 0 Å². The summed E-state index contributed by atoms with van der Waals surface area (Å²) < 4.78 is 24.0. The molecular formula is C16H23FN2O3. The maximum Gasteiger partial charge on any atom is 0.412 e. The molecule has 22 heavy (non-hydrogen) atoms. The molecule has 1 heterocycles. The summed E-state index contributed by atoms with van der Waals surface area (Å²) >= 11 is 0. The van der Waals surface area contributed by atoms with Gasteiger partial charge >= 0.3 is 6.09 Å². The van der Waals surface area contributed by atoms with Crippen molar-refractivity contribution in [3.8, 4) is 0 Å². The second kappa shape index (κ2) is 6.96. The summed E-state index contributed by atoms with van der Waals surface area (Å²) in [6, 6.07) is 4.19. The van der Waals surface area contributed by atoms with Crippen LogP contribution in [-0.4, -0.2) is 31.5 Å². The van der Waals surface area contributed by atoms with Crippen LogP contribution in [0.25, 0.3) is 0 Å². The van der Waals surface area contributed by atoms with Gasteiger partial charge < -0.3 is 14.8 Å². The predicted molar refractivity (Wildman–Crippen MR) is 83.7 cm³/mol. The molecule has 1 amide bonds. The van der Waals surface area contributed by atoms with Crippen LogP contribution in [0.2, 0.25) is 0 Å². The number of nitrogens with one attached hydrogen (secondary N) is 2. The number of carbonyl (C=O) groups is 1. The first kappa shape index (κ1) is 16.5. The van der Waals surface area contributed by atoms with E-state index in [9.17, 15) is 9.18 Å². The fraction of sp³-hybridized carbons (Fsp3) is 0.562. The van der Waals surface area contributed by atoms with Gasteiger partial charge in [-0.05, 0) is 45.4 Å². The second-order valence-electron chi connectivity index (χ2n) is 6.43. The molecule has 0 saturated carbocycles. The van der Waals surface area contributed by atoms with E-state index in [1.807, 2.05) is 0 Å². The highest BCUT2D eigenvalue weighted by Gasteiger charge is 2.19. The summed E-state index contributed by atoms with van der Waals surface area (Å²) in [6.45, 7) is 7.51. The van der Waals surface area contributed by atoms with Crippen LogP contribution in [0.3, 0.4) is 0 Å². The molecule has 1 aromatic carbocycles. The fourth-order valence-electron chi connectivity index (χ4n) is 2.18. The molecule has 2 N–H and O–H groups in total. The highest BCUT2D eigenvalue weighted by atomic mass is 19.1. The van der Waals surface area contributed by atoms with Crippen molar-refractivity contribution in [1.82, 2.24) is 0 Å². The van der Waals surface area contributed by atoms with E-state index in [1.165, 1.54) is 18.2 Å². The molecule has 2 rings (SSSR count). The summed E-state index contributed by atoms with van der Waals surface area (Å²) in [7, 11) is 0. The molecule has 1 aliphatic heterocycles. The third-order valence-corrected chi connectivity index (χ3v) is 3.22. The van der Waals surface area contributed by atoms with Crippen molar-refractivity contribution in [3.63, 3.8) is 0 Å². The van der Waals surface area contributed by atoms with Crippen LogP contribution in [0.5, 0.6) is 0 Å². The highest BCUT2D eigenvalue weighted by molar-refractivity contribution is 5.89. The Balaban J connectivity index is 2.01. The minimum atomic E-state index is -0.584. The maximum atomic E-state index is 13.4. The lowest BCUT2D eigenvalue weighted by Gasteiger charge is -2.21. The topological polar surface area (TPSA) is 59.6 Å². The van der Waals surface area contributed by atoms with Crippen LogP contribution in [0.1, 0.15) is 27.2 Å². The number of rotatable bonds is 4. The van der Waals surface area contributed by atoms with E-state index in [0.717, 1.165) is 13.0 Å². The third kappa shape index (κ3) is 5.18. The van der Waals surface area contributed by atoms with Gasteiger partial charge in [0.2, 0.25) is 0 Å². The molecule has 0 radical (unpaired) electrons. The van der Waals surface area contributed by atoms with Crippen molar-refractivity contribution in [2.75, 3.05) is 30.4 Å². The molecule has 1 saturated heterocycles. The zero-order valence-corrected chi connectivity index (χ0v) is 13.2. The second-order valence-corrected chi connectivity index (χ2v) is 6.43. The molecular weight excluding hydrogens is 287 g/mol. The molecule has 1 unspecified atom stereocenters. The molecule has 1 aromatic rings. The van der Waals surface area contributed by atoms with E-state index in [0.29, 0.717) is 30.4 Å². The lowest BCUT2D eigenvalue weighted by atomic mass is 10.1. The van der Waals surface area contributed by atoms with Gasteiger partial charge in [0.05, 0.1) is 18.0 Å². The van der Waals surface area contributed by atoms with Gasteiger partial charge in [-0.25, -0.2) is 9.18 Å². The lowest BCUT2D eigenvalue weighted by Crippen LogP contribution is -2.27. The fourth-order valence-corrected chi connectivity index (χ4v) is 2.18. The van der Waals surface area contributed by atoms with Crippen molar-refractivity contribution in [1.29, 1.82) is 0 Å². The third-order valence-electron chi connectivity index (χ3n) is 3.22. The molecule has 1 atom stereocenters. The van der Waals surface area contributed by atoms with Crippen molar-refractivity contribution >= 4 is 17.5 Å². The Morgan fingerprint density at radius 2 is 2.18 bits per heavy atom. The first-order valence-corrected chi connectivity index (χ1v) is 7.45. The average molecular weight is 310 g/mol. The normalized spacial score (nSPS) is 18.1. The number of hydrogen-bond donors (Lipinski definition) is 2. The van der Waals surface area contributed by atoms with Crippen LogP contribution in [0.15, 0.2) is 18.2 Å². The summed E-state index contributed by atoms with van der Waals surface area (Å²) in [5.74, 6) is 0.0394. The highest BCUT2D eigenvalue weighted by Crippen LogP contribution is 2.25. The van der Waals surface area contributed by atoms with Gasteiger partial charge in [0, 0.05) is 19.1 Å². The number of anilines is 2. The summed E-state index contributed by atoms with van der Waals surface area (Å²) in [5.41, 5.74) is 0.450. The molecule has 0 aliphatic carbocycles. The van der Waals surface area contributed by atoms with Gasteiger partial charge in [0.15, 0.2) is 0 Å². The zero-order chi connectivity index (χ0) is 16.2. The molecule has 6 heteroatoms. The van der Waals surface area contributed by atoms with E-state index in [1.54, 1.807) is 20.8 Å². The first-order valence-electron chi connectivity index (χ1n) is 7.45. The molecule has 122 valence electrons. The van der Waals surface area contributed by atoms with Gasteiger partial charge in [0.25, 0.3) is 0 Å². The number of hydrogen-bond acceptors (Lipinski definition) is 4. The number of halogens is 1. The molecule has 0 bridgehead atoms. The Morgan fingerprint density at radius 3 is 2.82 bits per heavy atom. The van der Waals surface area contributed by atoms with Crippen molar-refractivity contribution in [3.05, 3.63) is 24.0 Å². The Bertz CT molecular complexity index is 523. The summed E-state index contributed by atoms with van der Waals surface area (Å²) in [5, 5.41) is 5.82. The van der Waals surface area contributed by atoms with Crippen molar-refractivity contribution in [2.24, 2.45) is 5.92 Å². The largest absolute Gasteiger partial charge is 0.444 e. The smallest absolute Gasteiger partial charge is 0.412 e. The van der Waals surface area contributed by atoms with Crippen molar-refractivity contribution < 1.29 is 18.7 Å². The zero-order valence-electron chi connectivity index (χ0n) is 13.2. The minimum Gasteiger partial charge on any atom is -0.444 e. The summed E-state index contributed by atoms with van der Waals surface area (Å²) in [6.07, 6.45) is 0.420. The van der Waals surface area contributed by atoms with E-state index in [-0.39, 0.29) is 5.82 Å². The Labute approximate surface area is 130 Å². The van der Waals surface area contributed by atoms with Crippen LogP contribution in [-0.2, 0) is 9.47 Å². The van der Waals surface area contributed by atoms with E-state index in [4.69, 9.17) is 9.47 Å². The monoisotopic (exact) mass is 310 g/mol. The quantitative estimate of drug-likeness (QED) is 0.891. The molecule has 1 fully saturated rings. The average Bonchev–Trinajstić information content (AvgIpc) is 2.90. The van der Waals surface area contributed by atoms with Gasteiger partial charge in [-0.3, -0.25) is 5.32 Å². The van der Waals surface area contributed by atoms with Crippen LogP contribution >= 0.6 is 0 Å². The van der Waals surface area contributed by atoms with Gasteiger partial charge in [-0.1, -0.05) is 0 Å². The van der Waals surface area contributed by atoms with Gasteiger partial charge in [-0.2, -0.15) is 0 Å². The van der Waals surface area contributed by atoms with Crippen molar-refractivity contribution in [2.45, 2.75) is 32.8 Å². The van der Waals surface area contributed by atoms with Crippen LogP contribution in [0.4, 0.5) is 20.6 Å². The lowest BCUT2D eigenvalue weighted by molar-refractivity contribution is 0.0636. The van der Waals surface area contributed by atoms with E-state index < -0.39 is 11.7 Å². The number of benzene rings is 1. The number of amides is 1. The Hall–Kier alpha value is -1.82. The minimum absolute atomic E-state index is 0.361. The number of ether oxygens (including phenoxy) is 2. The van der Waals surface area contributed by atoms with E-state index in [2.05, 4.69) is 10.6 Å². The van der Waals surface area contributed by atoms with Crippen LogP contribution in [0, 0.1) is 11.7 Å². The molecule has 0 aromatic heterocycles. The molecule has 5 nitrogen and oxygen atoms in total. The SMILES string of the molecule is CC(C)(C)OC(=O)Nc1ccc(F)cc1NCC1CCOC1. The molecule has 1 aliphatic rings. The summed E-state index contributed by atoms with van der Waals surface area (Å²) in [4.78, 5) is 11.9. The predicted octanol–water partition coefficient (Wildman–Crippen LogP) is 3.62. The number of carbonyl (C=O) groups excluding carboxylic acids is 1. The Kier molecular flexibility index (Phi) is 5.24. The Morgan fingerprint density at radius 1 is 1.41 bits per heavy atom.